The van der Waals surface area contributed by atoms with Gasteiger partial charge in [-0.2, -0.15) is 11.8 Å². The van der Waals surface area contributed by atoms with Crippen LogP contribution in [0.5, 0.6) is 0 Å². The molecule has 1 atom stereocenters. The molecule has 0 bridgehead atoms. The highest BCUT2D eigenvalue weighted by Gasteiger charge is 2.16. The van der Waals surface area contributed by atoms with Crippen LogP contribution in [0.25, 0.3) is 0 Å². The van der Waals surface area contributed by atoms with Crippen molar-refractivity contribution in [3.05, 3.63) is 28.7 Å². The van der Waals surface area contributed by atoms with Crippen LogP contribution in [-0.2, 0) is 10.0 Å². The zero-order chi connectivity index (χ0) is 12.9. The first-order chi connectivity index (χ1) is 7.97. The molecule has 1 unspecified atom stereocenters. The molecular formula is C10H16N2O3S2. The average Bonchev–Trinajstić information content (AvgIpc) is 2.28. The molecule has 0 amide bonds. The van der Waals surface area contributed by atoms with Crippen LogP contribution < -0.4 is 10.2 Å². The quantitative estimate of drug-likeness (QED) is 0.805. The van der Waals surface area contributed by atoms with Gasteiger partial charge in [0.25, 0.3) is 0 Å². The number of thioether (sulfide) groups is 1. The molecule has 0 saturated heterocycles. The normalized spacial score (nSPS) is 13.5. The molecule has 7 heteroatoms. The number of hydrogen-bond donors (Lipinski definition) is 2. The lowest BCUT2D eigenvalue weighted by Crippen LogP contribution is -2.30. The zero-order valence-corrected chi connectivity index (χ0v) is 11.4. The summed E-state index contributed by atoms with van der Waals surface area (Å²) in [5.74, 6) is 0. The van der Waals surface area contributed by atoms with Crippen molar-refractivity contribution in [2.45, 2.75) is 23.5 Å². The molecule has 2 N–H and O–H groups in total. The fourth-order valence-electron chi connectivity index (χ4n) is 1.20. The van der Waals surface area contributed by atoms with Gasteiger partial charge in [0.1, 0.15) is 4.90 Å². The summed E-state index contributed by atoms with van der Waals surface area (Å²) in [4.78, 5) is 13.7. The van der Waals surface area contributed by atoms with Gasteiger partial charge in [0.15, 0.2) is 0 Å². The number of rotatable bonds is 6. The highest BCUT2D eigenvalue weighted by Crippen LogP contribution is 2.09. The molecule has 96 valence electrons. The molecule has 0 saturated carbocycles. The van der Waals surface area contributed by atoms with E-state index >= 15 is 0 Å². The second-order valence-electron chi connectivity index (χ2n) is 3.61. The predicted molar refractivity (Wildman–Crippen MR) is 69.8 cm³/mol. The fraction of sp³-hybridized carbons (Fsp3) is 0.500. The van der Waals surface area contributed by atoms with E-state index in [1.165, 1.54) is 18.5 Å². The third-order valence-corrected chi connectivity index (χ3v) is 4.85. The van der Waals surface area contributed by atoms with Gasteiger partial charge in [0, 0.05) is 30.3 Å². The van der Waals surface area contributed by atoms with E-state index in [2.05, 4.69) is 9.71 Å². The van der Waals surface area contributed by atoms with Gasteiger partial charge in [-0.05, 0) is 12.7 Å². The summed E-state index contributed by atoms with van der Waals surface area (Å²) in [6, 6.07) is 1.19. The van der Waals surface area contributed by atoms with E-state index in [4.69, 9.17) is 0 Å². The molecule has 5 nitrogen and oxygen atoms in total. The molecule has 0 spiro atoms. The Kier molecular flexibility index (Phi) is 5.23. The summed E-state index contributed by atoms with van der Waals surface area (Å²) in [6.45, 7) is 2.35. The molecule has 1 aromatic rings. The van der Waals surface area contributed by atoms with Gasteiger partial charge in [0.2, 0.25) is 15.5 Å². The molecule has 0 aliphatic carbocycles. The number of aromatic nitrogens is 1. The van der Waals surface area contributed by atoms with Gasteiger partial charge in [-0.1, -0.05) is 6.92 Å². The molecule has 17 heavy (non-hydrogen) atoms. The number of H-pyrrole nitrogens is 1. The maximum absolute atomic E-state index is 11.8. The van der Waals surface area contributed by atoms with Gasteiger partial charge in [-0.3, -0.25) is 4.79 Å². The summed E-state index contributed by atoms with van der Waals surface area (Å²) in [5, 5.41) is 0.381. The van der Waals surface area contributed by atoms with Crippen LogP contribution in [0, 0.1) is 0 Å². The van der Waals surface area contributed by atoms with E-state index in [1.807, 2.05) is 13.2 Å². The van der Waals surface area contributed by atoms with Crippen molar-refractivity contribution in [3.8, 4) is 0 Å². The lowest BCUT2D eigenvalue weighted by molar-refractivity contribution is 0.578. The van der Waals surface area contributed by atoms with E-state index in [9.17, 15) is 13.2 Å². The SMILES string of the molecule is CSC(C)CCNS(=O)(=O)c1c[nH]ccc1=O. The van der Waals surface area contributed by atoms with Gasteiger partial charge in [-0.15, -0.1) is 0 Å². The second kappa shape index (κ2) is 6.23. The minimum absolute atomic E-state index is 0.239. The zero-order valence-electron chi connectivity index (χ0n) is 9.76. The van der Waals surface area contributed by atoms with Gasteiger partial charge in [-0.25, -0.2) is 13.1 Å². The molecule has 1 heterocycles. The molecule has 0 fully saturated rings. The molecule has 0 radical (unpaired) electrons. The Balaban J connectivity index is 2.71. The van der Waals surface area contributed by atoms with Crippen molar-refractivity contribution in [1.82, 2.24) is 9.71 Å². The van der Waals surface area contributed by atoms with Gasteiger partial charge >= 0.3 is 0 Å². The molecule has 1 aromatic heterocycles. The third kappa shape index (κ3) is 4.18. The Morgan fingerprint density at radius 1 is 1.53 bits per heavy atom. The lowest BCUT2D eigenvalue weighted by atomic mass is 10.3. The Bertz CT molecular complexity index is 510. The van der Waals surface area contributed by atoms with E-state index < -0.39 is 15.5 Å². The van der Waals surface area contributed by atoms with E-state index in [0.717, 1.165) is 6.42 Å². The van der Waals surface area contributed by atoms with Gasteiger partial charge < -0.3 is 4.98 Å². The smallest absolute Gasteiger partial charge is 0.245 e. The lowest BCUT2D eigenvalue weighted by Gasteiger charge is -2.09. The largest absolute Gasteiger partial charge is 0.366 e. The minimum Gasteiger partial charge on any atom is -0.366 e. The van der Waals surface area contributed by atoms with Crippen molar-refractivity contribution < 1.29 is 8.42 Å². The Morgan fingerprint density at radius 2 is 2.24 bits per heavy atom. The fourth-order valence-corrected chi connectivity index (χ4v) is 2.65. The molecule has 1 rings (SSSR count). The first-order valence-electron chi connectivity index (χ1n) is 5.17. The minimum atomic E-state index is -3.70. The van der Waals surface area contributed by atoms with Crippen LogP contribution in [0.2, 0.25) is 0 Å². The number of sulfonamides is 1. The standard InChI is InChI=1S/C10H16N2O3S2/c1-8(16-2)3-6-12-17(14,15)10-7-11-5-4-9(10)13/h4-5,7-8,12H,3,6H2,1-2H3,(H,11,13). The summed E-state index contributed by atoms with van der Waals surface area (Å²) in [7, 11) is -3.70. The highest BCUT2D eigenvalue weighted by molar-refractivity contribution is 7.99. The van der Waals surface area contributed by atoms with Crippen LogP contribution in [0.3, 0.4) is 0 Å². The van der Waals surface area contributed by atoms with E-state index in [0.29, 0.717) is 11.8 Å². The van der Waals surface area contributed by atoms with Crippen LogP contribution in [0.1, 0.15) is 13.3 Å². The monoisotopic (exact) mass is 276 g/mol. The van der Waals surface area contributed by atoms with Crippen molar-refractivity contribution in [2.24, 2.45) is 0 Å². The number of hydrogen-bond acceptors (Lipinski definition) is 4. The van der Waals surface area contributed by atoms with E-state index in [-0.39, 0.29) is 4.90 Å². The Labute approximate surface area is 105 Å². The predicted octanol–water partition coefficient (Wildman–Crippen LogP) is 0.795. The first kappa shape index (κ1) is 14.3. The molecule has 0 aliphatic rings. The van der Waals surface area contributed by atoms with E-state index in [1.54, 1.807) is 11.8 Å². The highest BCUT2D eigenvalue weighted by atomic mass is 32.2. The van der Waals surface area contributed by atoms with Crippen molar-refractivity contribution in [3.63, 3.8) is 0 Å². The van der Waals surface area contributed by atoms with Gasteiger partial charge in [0.05, 0.1) is 0 Å². The maximum Gasteiger partial charge on any atom is 0.245 e. The van der Waals surface area contributed by atoms with Crippen molar-refractivity contribution in [1.29, 1.82) is 0 Å². The Morgan fingerprint density at radius 3 is 2.82 bits per heavy atom. The van der Waals surface area contributed by atoms with Crippen LogP contribution in [0.15, 0.2) is 28.2 Å². The second-order valence-corrected chi connectivity index (χ2v) is 6.62. The van der Waals surface area contributed by atoms with Crippen molar-refractivity contribution in [2.75, 3.05) is 12.8 Å². The van der Waals surface area contributed by atoms with Crippen LogP contribution in [-0.4, -0.2) is 31.5 Å². The average molecular weight is 276 g/mol. The number of pyridine rings is 1. The number of aromatic amines is 1. The topological polar surface area (TPSA) is 79.0 Å². The summed E-state index contributed by atoms with van der Waals surface area (Å²) >= 11 is 1.67. The van der Waals surface area contributed by atoms with Crippen LogP contribution >= 0.6 is 11.8 Å². The summed E-state index contributed by atoms with van der Waals surface area (Å²) in [5.41, 5.74) is -0.505. The molecule has 0 aliphatic heterocycles. The van der Waals surface area contributed by atoms with Crippen molar-refractivity contribution >= 4 is 21.8 Å². The number of nitrogens with one attached hydrogen (secondary N) is 2. The summed E-state index contributed by atoms with van der Waals surface area (Å²) in [6.07, 6.45) is 5.30. The first-order valence-corrected chi connectivity index (χ1v) is 7.94. The maximum atomic E-state index is 11.8. The molecule has 0 aromatic carbocycles. The Hall–Kier alpha value is -0.790. The molecular weight excluding hydrogens is 260 g/mol. The third-order valence-electron chi connectivity index (χ3n) is 2.32. The van der Waals surface area contributed by atoms with Crippen LogP contribution in [0.4, 0.5) is 0 Å². The summed E-state index contributed by atoms with van der Waals surface area (Å²) < 4.78 is 26.0.